The molecular formula is C15H22N2O4. The molecule has 0 aliphatic heterocycles. The highest BCUT2D eigenvalue weighted by molar-refractivity contribution is 5.91. The minimum absolute atomic E-state index is 0.0932. The van der Waals surface area contributed by atoms with Crippen molar-refractivity contribution in [3.05, 3.63) is 24.3 Å². The Balaban J connectivity index is 2.74. The Morgan fingerprint density at radius 1 is 1.29 bits per heavy atom. The number of hydrogen-bond acceptors (Lipinski definition) is 3. The molecule has 2 amide bonds. The first-order chi connectivity index (χ1) is 9.69. The zero-order valence-electron chi connectivity index (χ0n) is 12.8. The molecule has 6 heteroatoms. The van der Waals surface area contributed by atoms with Crippen LogP contribution in [0.15, 0.2) is 24.3 Å². The summed E-state index contributed by atoms with van der Waals surface area (Å²) >= 11 is 0. The van der Waals surface area contributed by atoms with Crippen LogP contribution in [0.1, 0.15) is 27.2 Å². The van der Waals surface area contributed by atoms with Gasteiger partial charge in [-0.25, -0.2) is 4.79 Å². The summed E-state index contributed by atoms with van der Waals surface area (Å²) in [6.45, 7) is 5.91. The maximum absolute atomic E-state index is 12.0. The van der Waals surface area contributed by atoms with Gasteiger partial charge in [0, 0.05) is 13.6 Å². The lowest BCUT2D eigenvalue weighted by molar-refractivity contribution is -0.137. The van der Waals surface area contributed by atoms with Gasteiger partial charge in [0.1, 0.15) is 11.4 Å². The number of anilines is 1. The number of nitrogens with one attached hydrogen (secondary N) is 1. The molecule has 0 aliphatic carbocycles. The summed E-state index contributed by atoms with van der Waals surface area (Å²) in [7, 11) is 1.55. The number of rotatable bonds is 5. The van der Waals surface area contributed by atoms with E-state index in [2.05, 4.69) is 5.32 Å². The van der Waals surface area contributed by atoms with Crippen LogP contribution < -0.4 is 10.1 Å². The van der Waals surface area contributed by atoms with Crippen molar-refractivity contribution < 1.29 is 19.4 Å². The van der Waals surface area contributed by atoms with Gasteiger partial charge in [0.2, 0.25) is 0 Å². The molecule has 1 rings (SSSR count). The van der Waals surface area contributed by atoms with E-state index >= 15 is 0 Å². The summed E-state index contributed by atoms with van der Waals surface area (Å²) in [6, 6.07) is 6.76. The molecule has 2 N–H and O–H groups in total. The summed E-state index contributed by atoms with van der Waals surface area (Å²) in [5.41, 5.74) is 0.176. The van der Waals surface area contributed by atoms with Crippen molar-refractivity contribution in [2.75, 3.05) is 18.9 Å². The lowest BCUT2D eigenvalue weighted by Crippen LogP contribution is -2.33. The van der Waals surface area contributed by atoms with Crippen molar-refractivity contribution in [2.45, 2.75) is 32.8 Å². The van der Waals surface area contributed by atoms with E-state index in [0.717, 1.165) is 0 Å². The average molecular weight is 294 g/mol. The highest BCUT2D eigenvalue weighted by Crippen LogP contribution is 2.27. The Hall–Kier alpha value is -2.24. The Bertz CT molecular complexity index is 509. The van der Waals surface area contributed by atoms with Gasteiger partial charge in [0.15, 0.2) is 0 Å². The van der Waals surface area contributed by atoms with E-state index in [0.29, 0.717) is 11.4 Å². The second kappa shape index (κ2) is 6.97. The highest BCUT2D eigenvalue weighted by atomic mass is 16.5. The minimum atomic E-state index is -0.939. The fourth-order valence-electron chi connectivity index (χ4n) is 1.56. The van der Waals surface area contributed by atoms with Crippen LogP contribution >= 0.6 is 0 Å². The fourth-order valence-corrected chi connectivity index (χ4v) is 1.56. The molecule has 6 nitrogen and oxygen atoms in total. The van der Waals surface area contributed by atoms with Crippen molar-refractivity contribution in [1.29, 1.82) is 0 Å². The summed E-state index contributed by atoms with van der Waals surface area (Å²) < 4.78 is 5.78. The van der Waals surface area contributed by atoms with Gasteiger partial charge in [-0.3, -0.25) is 4.79 Å². The molecule has 21 heavy (non-hydrogen) atoms. The van der Waals surface area contributed by atoms with E-state index in [9.17, 15) is 9.59 Å². The van der Waals surface area contributed by atoms with Crippen molar-refractivity contribution in [1.82, 2.24) is 4.90 Å². The van der Waals surface area contributed by atoms with Gasteiger partial charge < -0.3 is 20.1 Å². The Morgan fingerprint density at radius 2 is 1.90 bits per heavy atom. The lowest BCUT2D eigenvalue weighted by atomic mass is 10.2. The summed E-state index contributed by atoms with van der Waals surface area (Å²) in [5.74, 6) is -0.365. The number of benzene rings is 1. The molecule has 0 aliphatic rings. The normalized spacial score (nSPS) is 10.9. The number of carboxylic acids is 1. The third kappa shape index (κ3) is 6.16. The minimum Gasteiger partial charge on any atom is -0.486 e. The average Bonchev–Trinajstić information content (AvgIpc) is 2.36. The maximum atomic E-state index is 12.0. The van der Waals surface area contributed by atoms with Crippen LogP contribution in [0, 0.1) is 0 Å². The zero-order valence-corrected chi connectivity index (χ0v) is 12.8. The molecule has 0 heterocycles. The second-order valence-electron chi connectivity index (χ2n) is 5.71. The predicted octanol–water partition coefficient (Wildman–Crippen LogP) is 2.80. The van der Waals surface area contributed by atoms with Crippen LogP contribution in [-0.2, 0) is 4.79 Å². The molecule has 1 aromatic rings. The first-order valence-corrected chi connectivity index (χ1v) is 6.71. The number of carbonyl (C=O) groups is 2. The number of aliphatic carboxylic acids is 1. The molecule has 0 saturated carbocycles. The second-order valence-corrected chi connectivity index (χ2v) is 5.71. The first-order valence-electron chi connectivity index (χ1n) is 6.71. The zero-order chi connectivity index (χ0) is 16.0. The largest absolute Gasteiger partial charge is 0.486 e. The number of hydrogen-bond donors (Lipinski definition) is 2. The molecular weight excluding hydrogens is 272 g/mol. The van der Waals surface area contributed by atoms with E-state index in [1.54, 1.807) is 25.2 Å². The molecule has 0 atom stereocenters. The third-order valence-corrected chi connectivity index (χ3v) is 2.55. The van der Waals surface area contributed by atoms with E-state index < -0.39 is 5.97 Å². The van der Waals surface area contributed by atoms with Crippen LogP contribution in [0.2, 0.25) is 0 Å². The Labute approximate surface area is 124 Å². The molecule has 116 valence electrons. The lowest BCUT2D eigenvalue weighted by Gasteiger charge is -2.24. The molecule has 0 saturated heterocycles. The summed E-state index contributed by atoms with van der Waals surface area (Å²) in [5, 5.41) is 11.4. The molecule has 1 aromatic carbocycles. The van der Waals surface area contributed by atoms with E-state index in [1.807, 2.05) is 26.8 Å². The number of ether oxygens (including phenoxy) is 1. The van der Waals surface area contributed by atoms with Crippen LogP contribution in [0.4, 0.5) is 10.5 Å². The fraction of sp³-hybridized carbons (Fsp3) is 0.467. The van der Waals surface area contributed by atoms with Gasteiger partial charge in [-0.1, -0.05) is 12.1 Å². The van der Waals surface area contributed by atoms with Crippen molar-refractivity contribution in [3.63, 3.8) is 0 Å². The van der Waals surface area contributed by atoms with Gasteiger partial charge in [0.25, 0.3) is 0 Å². The Morgan fingerprint density at radius 3 is 2.48 bits per heavy atom. The molecule has 0 fully saturated rings. The standard InChI is InChI=1S/C15H22N2O4/c1-15(2,3)21-12-8-6-5-7-11(12)16-14(20)17(4)10-9-13(18)19/h5-8H,9-10H2,1-4H3,(H,16,20)(H,18,19). The monoisotopic (exact) mass is 294 g/mol. The van der Waals surface area contributed by atoms with Crippen LogP contribution in [0.5, 0.6) is 5.75 Å². The number of amides is 2. The third-order valence-electron chi connectivity index (χ3n) is 2.55. The van der Waals surface area contributed by atoms with Crippen molar-refractivity contribution in [2.24, 2.45) is 0 Å². The number of carboxylic acid groups (broad SMARTS) is 1. The van der Waals surface area contributed by atoms with Gasteiger partial charge in [0.05, 0.1) is 12.1 Å². The summed E-state index contributed by atoms with van der Waals surface area (Å²) in [4.78, 5) is 23.8. The molecule has 0 aromatic heterocycles. The smallest absolute Gasteiger partial charge is 0.321 e. The first kappa shape index (κ1) is 16.8. The highest BCUT2D eigenvalue weighted by Gasteiger charge is 2.17. The van der Waals surface area contributed by atoms with Gasteiger partial charge in [-0.15, -0.1) is 0 Å². The van der Waals surface area contributed by atoms with Gasteiger partial charge in [-0.05, 0) is 32.9 Å². The quantitative estimate of drug-likeness (QED) is 0.875. The number of nitrogens with zero attached hydrogens (tertiary/aromatic N) is 1. The van der Waals surface area contributed by atoms with Crippen LogP contribution in [0.3, 0.4) is 0 Å². The molecule has 0 radical (unpaired) electrons. The van der Waals surface area contributed by atoms with E-state index in [-0.39, 0.29) is 24.6 Å². The van der Waals surface area contributed by atoms with Gasteiger partial charge >= 0.3 is 12.0 Å². The predicted molar refractivity (Wildman–Crippen MR) is 80.7 cm³/mol. The van der Waals surface area contributed by atoms with E-state index in [4.69, 9.17) is 9.84 Å². The van der Waals surface area contributed by atoms with Crippen LogP contribution in [0.25, 0.3) is 0 Å². The molecule has 0 bridgehead atoms. The topological polar surface area (TPSA) is 78.9 Å². The molecule has 0 spiro atoms. The number of urea groups is 1. The van der Waals surface area contributed by atoms with Crippen LogP contribution in [-0.4, -0.2) is 41.2 Å². The summed E-state index contributed by atoms with van der Waals surface area (Å²) in [6.07, 6.45) is -0.0932. The number of para-hydroxylation sites is 2. The van der Waals surface area contributed by atoms with E-state index in [1.165, 1.54) is 4.90 Å². The number of carbonyl (C=O) groups excluding carboxylic acids is 1. The maximum Gasteiger partial charge on any atom is 0.321 e. The Kier molecular flexibility index (Phi) is 5.58. The SMILES string of the molecule is CN(CCC(=O)O)C(=O)Nc1ccccc1OC(C)(C)C. The van der Waals surface area contributed by atoms with Gasteiger partial charge in [-0.2, -0.15) is 0 Å². The van der Waals surface area contributed by atoms with Crippen molar-refractivity contribution in [3.8, 4) is 5.75 Å². The van der Waals surface area contributed by atoms with Crippen molar-refractivity contribution >= 4 is 17.7 Å². The molecule has 0 unspecified atom stereocenters.